The van der Waals surface area contributed by atoms with E-state index in [-0.39, 0.29) is 5.56 Å². The number of fused-ring (bicyclic) bond motifs is 1. The highest BCUT2D eigenvalue weighted by Gasteiger charge is 1.98. The quantitative estimate of drug-likeness (QED) is 0.677. The molecule has 0 aliphatic carbocycles. The molecule has 66 valence electrons. The molecule has 2 aromatic rings. The molecule has 0 aliphatic heterocycles. The van der Waals surface area contributed by atoms with Gasteiger partial charge in [-0.1, -0.05) is 18.2 Å². The minimum Gasteiger partial charge on any atom is -0.325 e. The molecule has 0 fully saturated rings. The number of H-pyrrole nitrogens is 1. The zero-order valence-electron chi connectivity index (χ0n) is 7.08. The first-order chi connectivity index (χ1) is 6.31. The lowest BCUT2D eigenvalue weighted by Gasteiger charge is -1.99. The summed E-state index contributed by atoms with van der Waals surface area (Å²) in [7, 11) is 0. The number of aromatic nitrogens is 1. The Hall–Kier alpha value is -1.61. The second-order valence-electron chi connectivity index (χ2n) is 2.92. The molecule has 1 heterocycles. The Morgan fingerprint density at radius 3 is 2.85 bits per heavy atom. The SMILES string of the molecule is NCc1cc2ccccc2c(=O)[nH]1. The van der Waals surface area contributed by atoms with Gasteiger partial charge in [-0.3, -0.25) is 4.79 Å². The topological polar surface area (TPSA) is 58.9 Å². The van der Waals surface area contributed by atoms with Crippen molar-refractivity contribution in [3.63, 3.8) is 0 Å². The van der Waals surface area contributed by atoms with E-state index in [1.54, 1.807) is 6.07 Å². The molecule has 0 amide bonds. The zero-order valence-corrected chi connectivity index (χ0v) is 7.08. The van der Waals surface area contributed by atoms with Gasteiger partial charge in [0, 0.05) is 17.6 Å². The van der Waals surface area contributed by atoms with Gasteiger partial charge in [0.15, 0.2) is 0 Å². The molecule has 3 heteroatoms. The highest BCUT2D eigenvalue weighted by Crippen LogP contribution is 2.08. The van der Waals surface area contributed by atoms with Gasteiger partial charge in [0.05, 0.1) is 0 Å². The zero-order chi connectivity index (χ0) is 9.26. The van der Waals surface area contributed by atoms with Crippen LogP contribution in [0.3, 0.4) is 0 Å². The van der Waals surface area contributed by atoms with E-state index >= 15 is 0 Å². The molecule has 0 saturated carbocycles. The molecular formula is C10H10N2O. The van der Waals surface area contributed by atoms with E-state index in [4.69, 9.17) is 5.73 Å². The minimum atomic E-state index is -0.0708. The number of aromatic amines is 1. The van der Waals surface area contributed by atoms with E-state index in [1.165, 1.54) is 0 Å². The first-order valence-electron chi connectivity index (χ1n) is 4.12. The summed E-state index contributed by atoms with van der Waals surface area (Å²) >= 11 is 0. The van der Waals surface area contributed by atoms with Gasteiger partial charge in [0.25, 0.3) is 5.56 Å². The highest BCUT2D eigenvalue weighted by molar-refractivity contribution is 5.81. The maximum Gasteiger partial charge on any atom is 0.256 e. The summed E-state index contributed by atoms with van der Waals surface area (Å²) in [6.07, 6.45) is 0. The lowest BCUT2D eigenvalue weighted by atomic mass is 10.1. The summed E-state index contributed by atoms with van der Waals surface area (Å²) in [4.78, 5) is 14.2. The highest BCUT2D eigenvalue weighted by atomic mass is 16.1. The van der Waals surface area contributed by atoms with Crippen LogP contribution in [-0.2, 0) is 6.54 Å². The van der Waals surface area contributed by atoms with E-state index in [0.717, 1.165) is 11.1 Å². The van der Waals surface area contributed by atoms with Crippen molar-refractivity contribution < 1.29 is 0 Å². The number of hydrogen-bond donors (Lipinski definition) is 2. The minimum absolute atomic E-state index is 0.0708. The van der Waals surface area contributed by atoms with Crippen LogP contribution in [0.1, 0.15) is 5.69 Å². The Kier molecular flexibility index (Phi) is 1.87. The standard InChI is InChI=1S/C10H10N2O/c11-6-8-5-7-3-1-2-4-9(7)10(13)12-8/h1-5H,6,11H2,(H,12,13). The van der Waals surface area contributed by atoms with E-state index in [9.17, 15) is 4.79 Å². The van der Waals surface area contributed by atoms with Gasteiger partial charge in [-0.15, -0.1) is 0 Å². The normalized spacial score (nSPS) is 10.5. The third-order valence-corrected chi connectivity index (χ3v) is 2.03. The van der Waals surface area contributed by atoms with E-state index in [0.29, 0.717) is 11.9 Å². The average Bonchev–Trinajstić information content (AvgIpc) is 2.18. The van der Waals surface area contributed by atoms with Gasteiger partial charge < -0.3 is 10.7 Å². The van der Waals surface area contributed by atoms with Crippen molar-refractivity contribution in [2.75, 3.05) is 0 Å². The van der Waals surface area contributed by atoms with Crippen LogP contribution in [0.4, 0.5) is 0 Å². The van der Waals surface area contributed by atoms with Crippen molar-refractivity contribution >= 4 is 10.8 Å². The van der Waals surface area contributed by atoms with Gasteiger partial charge in [-0.05, 0) is 17.5 Å². The molecule has 0 aliphatic rings. The second-order valence-corrected chi connectivity index (χ2v) is 2.92. The van der Waals surface area contributed by atoms with Crippen LogP contribution >= 0.6 is 0 Å². The molecule has 2 rings (SSSR count). The molecule has 0 atom stereocenters. The Bertz CT molecular complexity index is 487. The monoisotopic (exact) mass is 174 g/mol. The van der Waals surface area contributed by atoms with Crippen molar-refractivity contribution in [2.24, 2.45) is 5.73 Å². The molecule has 3 nitrogen and oxygen atoms in total. The number of pyridine rings is 1. The van der Waals surface area contributed by atoms with Gasteiger partial charge in [0.2, 0.25) is 0 Å². The van der Waals surface area contributed by atoms with E-state index in [2.05, 4.69) is 4.98 Å². The fourth-order valence-electron chi connectivity index (χ4n) is 1.38. The second kappa shape index (κ2) is 3.03. The Labute approximate surface area is 75.2 Å². The number of nitrogens with one attached hydrogen (secondary N) is 1. The summed E-state index contributed by atoms with van der Waals surface area (Å²) in [6, 6.07) is 9.36. The summed E-state index contributed by atoms with van der Waals surface area (Å²) < 4.78 is 0. The lowest BCUT2D eigenvalue weighted by molar-refractivity contribution is 0.983. The summed E-state index contributed by atoms with van der Waals surface area (Å²) in [5, 5.41) is 1.64. The first kappa shape index (κ1) is 8.01. The lowest BCUT2D eigenvalue weighted by Crippen LogP contribution is -2.11. The van der Waals surface area contributed by atoms with E-state index < -0.39 is 0 Å². The summed E-state index contributed by atoms with van der Waals surface area (Å²) in [6.45, 7) is 0.361. The molecule has 0 spiro atoms. The maximum atomic E-state index is 11.4. The maximum absolute atomic E-state index is 11.4. The largest absolute Gasteiger partial charge is 0.325 e. The number of hydrogen-bond acceptors (Lipinski definition) is 2. The summed E-state index contributed by atoms with van der Waals surface area (Å²) in [5.74, 6) is 0. The number of rotatable bonds is 1. The molecule has 1 aromatic carbocycles. The fourth-order valence-corrected chi connectivity index (χ4v) is 1.38. The molecule has 0 bridgehead atoms. The molecule has 1 aromatic heterocycles. The van der Waals surface area contributed by atoms with Crippen molar-refractivity contribution in [1.82, 2.24) is 4.98 Å². The molecule has 0 radical (unpaired) electrons. The van der Waals surface area contributed by atoms with Gasteiger partial charge >= 0.3 is 0 Å². The predicted octanol–water partition coefficient (Wildman–Crippen LogP) is 0.987. The molecule has 3 N–H and O–H groups in total. The van der Waals surface area contributed by atoms with Gasteiger partial charge in [-0.2, -0.15) is 0 Å². The third kappa shape index (κ3) is 1.34. The smallest absolute Gasteiger partial charge is 0.256 e. The Morgan fingerprint density at radius 2 is 2.08 bits per heavy atom. The van der Waals surface area contributed by atoms with Crippen molar-refractivity contribution in [2.45, 2.75) is 6.54 Å². The van der Waals surface area contributed by atoms with Crippen molar-refractivity contribution in [1.29, 1.82) is 0 Å². The third-order valence-electron chi connectivity index (χ3n) is 2.03. The van der Waals surface area contributed by atoms with E-state index in [1.807, 2.05) is 24.3 Å². The van der Waals surface area contributed by atoms with Crippen LogP contribution in [0.2, 0.25) is 0 Å². The van der Waals surface area contributed by atoms with Crippen LogP contribution in [0.15, 0.2) is 35.1 Å². The molecule has 0 unspecified atom stereocenters. The van der Waals surface area contributed by atoms with Crippen molar-refractivity contribution in [3.05, 3.63) is 46.4 Å². The van der Waals surface area contributed by atoms with Crippen LogP contribution in [0.5, 0.6) is 0 Å². The molecule has 0 saturated heterocycles. The summed E-state index contributed by atoms with van der Waals surface area (Å²) in [5.41, 5.74) is 6.14. The average molecular weight is 174 g/mol. The van der Waals surface area contributed by atoms with Crippen LogP contribution < -0.4 is 11.3 Å². The van der Waals surface area contributed by atoms with Crippen molar-refractivity contribution in [3.8, 4) is 0 Å². The van der Waals surface area contributed by atoms with Crippen LogP contribution in [0.25, 0.3) is 10.8 Å². The first-order valence-corrected chi connectivity index (χ1v) is 4.12. The Balaban J connectivity index is 2.85. The fraction of sp³-hybridized carbons (Fsp3) is 0.100. The number of benzene rings is 1. The molecular weight excluding hydrogens is 164 g/mol. The van der Waals surface area contributed by atoms with Gasteiger partial charge in [0.1, 0.15) is 0 Å². The van der Waals surface area contributed by atoms with Crippen LogP contribution in [-0.4, -0.2) is 4.98 Å². The number of nitrogens with two attached hydrogens (primary N) is 1. The Morgan fingerprint density at radius 1 is 1.31 bits per heavy atom. The van der Waals surface area contributed by atoms with Crippen LogP contribution in [0, 0.1) is 0 Å². The molecule has 13 heavy (non-hydrogen) atoms. The van der Waals surface area contributed by atoms with Gasteiger partial charge in [-0.25, -0.2) is 0 Å². The predicted molar refractivity (Wildman–Crippen MR) is 52.5 cm³/mol.